The predicted octanol–water partition coefficient (Wildman–Crippen LogP) is 4.61. The fourth-order valence-electron chi connectivity index (χ4n) is 2.90. The summed E-state index contributed by atoms with van der Waals surface area (Å²) in [5.74, 6) is -0.308. The van der Waals surface area contributed by atoms with Crippen LogP contribution < -0.4 is 0 Å². The van der Waals surface area contributed by atoms with Crippen molar-refractivity contribution in [3.05, 3.63) is 69.7 Å². The number of ether oxygens (including phenoxy) is 1. The van der Waals surface area contributed by atoms with E-state index < -0.39 is 10.4 Å². The number of methoxy groups -OCH3 is 1. The summed E-state index contributed by atoms with van der Waals surface area (Å²) < 4.78 is 37.6. The van der Waals surface area contributed by atoms with Gasteiger partial charge in [0.1, 0.15) is 5.03 Å². The molecule has 0 spiro atoms. The van der Waals surface area contributed by atoms with Gasteiger partial charge >= 0.3 is 16.4 Å². The molecule has 4 rings (SSSR count). The normalized spacial score (nSPS) is 14.7. The molecule has 0 fully saturated rings. The first kappa shape index (κ1) is 22.4. The van der Waals surface area contributed by atoms with Gasteiger partial charge in [-0.3, -0.25) is 9.11 Å². The Bertz CT molecular complexity index is 1250. The van der Waals surface area contributed by atoms with Gasteiger partial charge in [-0.1, -0.05) is 45.9 Å². The highest BCUT2D eigenvalue weighted by Crippen LogP contribution is 2.38. The first-order valence-electron chi connectivity index (χ1n) is 8.49. The summed E-state index contributed by atoms with van der Waals surface area (Å²) in [7, 11) is -3.25. The molecule has 1 aromatic heterocycles. The summed E-state index contributed by atoms with van der Waals surface area (Å²) in [6.07, 6.45) is 2.43. The van der Waals surface area contributed by atoms with Gasteiger partial charge in [0, 0.05) is 32.3 Å². The maximum Gasteiger partial charge on any atom is 0.394 e. The summed E-state index contributed by atoms with van der Waals surface area (Å²) in [5.41, 5.74) is 3.59. The van der Waals surface area contributed by atoms with Crippen LogP contribution in [-0.4, -0.2) is 35.6 Å². The molecule has 0 bridgehead atoms. The number of halogens is 1. The molecule has 0 amide bonds. The highest BCUT2D eigenvalue weighted by Gasteiger charge is 2.19. The third kappa shape index (κ3) is 5.89. The number of aromatic nitrogens is 1. The molecule has 7 nitrogen and oxygen atoms in total. The van der Waals surface area contributed by atoms with Crippen LogP contribution in [-0.2, 0) is 26.4 Å². The van der Waals surface area contributed by atoms with Crippen molar-refractivity contribution in [2.24, 2.45) is 0 Å². The molecule has 2 N–H and O–H groups in total. The predicted molar refractivity (Wildman–Crippen MR) is 118 cm³/mol. The van der Waals surface area contributed by atoms with E-state index >= 15 is 0 Å². The van der Waals surface area contributed by atoms with Crippen LogP contribution in [0.15, 0.2) is 68.5 Å². The third-order valence-corrected chi connectivity index (χ3v) is 5.74. The van der Waals surface area contributed by atoms with Crippen molar-refractivity contribution in [3.8, 4) is 0 Å². The van der Waals surface area contributed by atoms with Crippen molar-refractivity contribution in [1.29, 1.82) is 0 Å². The van der Waals surface area contributed by atoms with E-state index in [9.17, 15) is 4.79 Å². The van der Waals surface area contributed by atoms with Crippen LogP contribution in [0.5, 0.6) is 0 Å². The zero-order valence-electron chi connectivity index (χ0n) is 15.6. The Kier molecular flexibility index (Phi) is 6.94. The molecule has 2 aromatic carbocycles. The van der Waals surface area contributed by atoms with Crippen LogP contribution in [0.25, 0.3) is 17.0 Å². The SMILES string of the molecule is COC(=O)/C1=C/c2cc3ccccc3nc2Sc2ccc(Br)cc2C1.O=S(=O)(O)O. The minimum absolute atomic E-state index is 0.308. The van der Waals surface area contributed by atoms with Crippen LogP contribution in [0, 0.1) is 0 Å². The zero-order valence-corrected chi connectivity index (χ0v) is 18.8. The molecule has 0 radical (unpaired) electrons. The lowest BCUT2D eigenvalue weighted by Gasteiger charge is -2.16. The molecular formula is C20H16BrNO6S2. The van der Waals surface area contributed by atoms with Gasteiger partial charge < -0.3 is 4.74 Å². The Hall–Kier alpha value is -2.24. The molecule has 0 saturated carbocycles. The van der Waals surface area contributed by atoms with E-state index in [4.69, 9.17) is 27.2 Å². The second-order valence-corrected chi connectivity index (χ2v) is 9.06. The van der Waals surface area contributed by atoms with E-state index in [1.165, 1.54) is 7.11 Å². The molecule has 1 aliphatic heterocycles. The van der Waals surface area contributed by atoms with Crippen LogP contribution >= 0.6 is 27.7 Å². The Morgan fingerprint density at radius 3 is 2.57 bits per heavy atom. The summed E-state index contributed by atoms with van der Waals surface area (Å²) in [5, 5.41) is 1.95. The van der Waals surface area contributed by atoms with Crippen molar-refractivity contribution in [1.82, 2.24) is 4.98 Å². The average molecular weight is 510 g/mol. The fraction of sp³-hybridized carbons (Fsp3) is 0.100. The van der Waals surface area contributed by atoms with Crippen LogP contribution in [0.3, 0.4) is 0 Å². The maximum atomic E-state index is 12.3. The van der Waals surface area contributed by atoms with E-state index in [1.54, 1.807) is 11.8 Å². The Labute approximate surface area is 185 Å². The van der Waals surface area contributed by atoms with Crippen LogP contribution in [0.2, 0.25) is 0 Å². The molecule has 0 aliphatic carbocycles. The number of carbonyl (C=O) groups excluding carboxylic acids is 1. The van der Waals surface area contributed by atoms with E-state index in [0.717, 1.165) is 36.4 Å². The van der Waals surface area contributed by atoms with Gasteiger partial charge in [0.15, 0.2) is 0 Å². The highest BCUT2D eigenvalue weighted by molar-refractivity contribution is 9.10. The Balaban J connectivity index is 0.000000461. The first-order chi connectivity index (χ1) is 14.1. The van der Waals surface area contributed by atoms with Crippen molar-refractivity contribution < 1.29 is 27.1 Å². The van der Waals surface area contributed by atoms with Crippen LogP contribution in [0.1, 0.15) is 11.1 Å². The minimum Gasteiger partial charge on any atom is -0.466 e. The number of fused-ring (bicyclic) bond motifs is 3. The molecule has 0 atom stereocenters. The maximum absolute atomic E-state index is 12.3. The van der Waals surface area contributed by atoms with E-state index in [-0.39, 0.29) is 5.97 Å². The van der Waals surface area contributed by atoms with Gasteiger partial charge in [-0.15, -0.1) is 0 Å². The van der Waals surface area contributed by atoms with Crippen molar-refractivity contribution in [3.63, 3.8) is 0 Å². The zero-order chi connectivity index (χ0) is 21.9. The third-order valence-electron chi connectivity index (χ3n) is 4.10. The number of carbonyl (C=O) groups is 1. The van der Waals surface area contributed by atoms with Gasteiger partial charge in [-0.25, -0.2) is 9.78 Å². The molecular weight excluding hydrogens is 494 g/mol. The first-order valence-corrected chi connectivity index (χ1v) is 11.5. The molecule has 156 valence electrons. The number of esters is 1. The average Bonchev–Trinajstić information content (AvgIpc) is 2.66. The van der Waals surface area contributed by atoms with Crippen molar-refractivity contribution in [2.45, 2.75) is 16.3 Å². The lowest BCUT2D eigenvalue weighted by molar-refractivity contribution is -0.136. The summed E-state index contributed by atoms with van der Waals surface area (Å²) in [6.45, 7) is 0. The van der Waals surface area contributed by atoms with Crippen molar-refractivity contribution in [2.75, 3.05) is 7.11 Å². The quantitative estimate of drug-likeness (QED) is 0.361. The smallest absolute Gasteiger partial charge is 0.394 e. The van der Waals surface area contributed by atoms with Gasteiger partial charge in [0.2, 0.25) is 0 Å². The number of hydrogen-bond donors (Lipinski definition) is 2. The Morgan fingerprint density at radius 1 is 1.17 bits per heavy atom. The molecule has 3 aromatic rings. The lowest BCUT2D eigenvalue weighted by atomic mass is 10.0. The van der Waals surface area contributed by atoms with E-state index in [1.807, 2.05) is 42.5 Å². The fourth-order valence-corrected chi connectivity index (χ4v) is 4.29. The van der Waals surface area contributed by atoms with Gasteiger partial charge in [0.25, 0.3) is 0 Å². The van der Waals surface area contributed by atoms with Crippen LogP contribution in [0.4, 0.5) is 0 Å². The lowest BCUT2D eigenvalue weighted by Crippen LogP contribution is -2.09. The summed E-state index contributed by atoms with van der Waals surface area (Å²) >= 11 is 5.15. The molecule has 30 heavy (non-hydrogen) atoms. The summed E-state index contributed by atoms with van der Waals surface area (Å²) in [4.78, 5) is 18.2. The molecule has 2 heterocycles. The largest absolute Gasteiger partial charge is 0.466 e. The second-order valence-electron chi connectivity index (χ2n) is 6.22. The molecule has 10 heteroatoms. The molecule has 0 saturated heterocycles. The standard InChI is InChI=1S/C20H14BrNO2S.H2O4S/c1-24-20(23)15-9-13-11-16(21)6-7-18(13)25-19-14(10-15)8-12-4-2-3-5-17(12)22-19;1-5(2,3)4/h2-8,10-11H,9H2,1H3;(H2,1,2,3,4)/b15-10+;. The number of hydrogen-bond acceptors (Lipinski definition) is 6. The van der Waals surface area contributed by atoms with Gasteiger partial charge in [-0.2, -0.15) is 8.42 Å². The molecule has 0 unspecified atom stereocenters. The number of pyridine rings is 1. The van der Waals surface area contributed by atoms with E-state index in [2.05, 4.69) is 28.1 Å². The highest BCUT2D eigenvalue weighted by atomic mass is 79.9. The molecule has 1 aliphatic rings. The number of nitrogens with zero attached hydrogens (tertiary/aromatic N) is 1. The topological polar surface area (TPSA) is 114 Å². The number of para-hydroxylation sites is 1. The van der Waals surface area contributed by atoms with Gasteiger partial charge in [0.05, 0.1) is 12.6 Å². The summed E-state index contributed by atoms with van der Waals surface area (Å²) in [6, 6.07) is 16.2. The second kappa shape index (κ2) is 9.27. The Morgan fingerprint density at radius 2 is 1.87 bits per heavy atom. The minimum atomic E-state index is -4.67. The van der Waals surface area contributed by atoms with Crippen molar-refractivity contribution >= 4 is 61.0 Å². The number of rotatable bonds is 1. The monoisotopic (exact) mass is 509 g/mol. The van der Waals surface area contributed by atoms with E-state index in [0.29, 0.717) is 12.0 Å². The van der Waals surface area contributed by atoms with Gasteiger partial charge in [-0.05, 0) is 42.0 Å². The number of benzene rings is 2.